The summed E-state index contributed by atoms with van der Waals surface area (Å²) in [5, 5.41) is 3.59. The summed E-state index contributed by atoms with van der Waals surface area (Å²) < 4.78 is 33.6. The summed E-state index contributed by atoms with van der Waals surface area (Å²) in [6, 6.07) is 9.18. The molecule has 0 aliphatic carbocycles. The average Bonchev–Trinajstić information content (AvgIpc) is 2.62. The zero-order valence-corrected chi connectivity index (χ0v) is 16.0. The molecule has 0 saturated carbocycles. The molecule has 8 heteroatoms. The molecule has 1 atom stereocenters. The molecular weight excluding hydrogens is 394 g/mol. The predicted octanol–water partition coefficient (Wildman–Crippen LogP) is 4.50. The Morgan fingerprint density at radius 2 is 1.78 bits per heavy atom. The second-order valence-corrected chi connectivity index (χ2v) is 6.64. The Morgan fingerprint density at radius 3 is 2.33 bits per heavy atom. The van der Waals surface area contributed by atoms with Crippen LogP contribution >= 0.6 is 23.8 Å². The maximum absolute atomic E-state index is 14.4. The number of hydrogen-bond acceptors (Lipinski definition) is 3. The molecule has 3 rings (SSSR count). The molecule has 0 bridgehead atoms. The largest absolute Gasteiger partial charge is 0.466 e. The van der Waals surface area contributed by atoms with Gasteiger partial charge in [0.1, 0.15) is 11.6 Å². The Hall–Kier alpha value is -2.51. The zero-order chi connectivity index (χ0) is 19.7. The summed E-state index contributed by atoms with van der Waals surface area (Å²) in [4.78, 5) is 14.1. The summed E-state index contributed by atoms with van der Waals surface area (Å²) in [6.45, 7) is 1.64. The fourth-order valence-electron chi connectivity index (χ4n) is 3.02. The van der Waals surface area contributed by atoms with Crippen LogP contribution in [0.15, 0.2) is 53.7 Å². The third-order valence-electron chi connectivity index (χ3n) is 4.26. The van der Waals surface area contributed by atoms with Gasteiger partial charge < -0.3 is 10.1 Å². The number of methoxy groups -OCH3 is 1. The molecule has 2 aromatic carbocycles. The number of esters is 1. The number of hydrogen-bond donors (Lipinski definition) is 1. The second kappa shape index (κ2) is 7.62. The van der Waals surface area contributed by atoms with E-state index in [1.54, 1.807) is 36.1 Å². The topological polar surface area (TPSA) is 41.6 Å². The number of thiocarbonyl (C=S) groups is 1. The van der Waals surface area contributed by atoms with Crippen LogP contribution in [0.25, 0.3) is 0 Å². The number of carbonyl (C=O) groups excluding carboxylic acids is 1. The number of benzene rings is 2. The van der Waals surface area contributed by atoms with Crippen molar-refractivity contribution in [3.63, 3.8) is 0 Å². The van der Waals surface area contributed by atoms with Crippen LogP contribution in [0.3, 0.4) is 0 Å². The van der Waals surface area contributed by atoms with E-state index in [1.165, 1.54) is 13.2 Å². The first kappa shape index (κ1) is 19.3. The maximum atomic E-state index is 14.4. The molecule has 0 saturated heterocycles. The molecule has 27 heavy (non-hydrogen) atoms. The third-order valence-corrected chi connectivity index (χ3v) is 4.82. The van der Waals surface area contributed by atoms with Crippen molar-refractivity contribution in [3.05, 3.63) is 76.0 Å². The van der Waals surface area contributed by atoms with Crippen LogP contribution in [0.5, 0.6) is 0 Å². The average molecular weight is 409 g/mol. The van der Waals surface area contributed by atoms with E-state index < -0.39 is 23.6 Å². The number of rotatable bonds is 3. The minimum atomic E-state index is -1.12. The minimum absolute atomic E-state index is 0.0602. The Labute approximate surface area is 165 Å². The third kappa shape index (κ3) is 3.52. The van der Waals surface area contributed by atoms with E-state index in [0.29, 0.717) is 16.4 Å². The molecule has 0 aromatic heterocycles. The minimum Gasteiger partial charge on any atom is -0.466 e. The Morgan fingerprint density at radius 1 is 1.19 bits per heavy atom. The van der Waals surface area contributed by atoms with E-state index in [2.05, 4.69) is 5.32 Å². The smallest absolute Gasteiger partial charge is 0.337 e. The molecule has 1 N–H and O–H groups in total. The molecule has 1 unspecified atom stereocenters. The Bertz CT molecular complexity index is 927. The van der Waals surface area contributed by atoms with Crippen LogP contribution in [0.2, 0.25) is 5.02 Å². The second-order valence-electron chi connectivity index (χ2n) is 5.82. The van der Waals surface area contributed by atoms with Crippen LogP contribution in [-0.4, -0.2) is 18.2 Å². The van der Waals surface area contributed by atoms with Gasteiger partial charge in [0, 0.05) is 16.4 Å². The van der Waals surface area contributed by atoms with E-state index >= 15 is 0 Å². The van der Waals surface area contributed by atoms with Crippen LogP contribution in [0.4, 0.5) is 14.5 Å². The molecule has 140 valence electrons. The van der Waals surface area contributed by atoms with Crippen molar-refractivity contribution in [3.8, 4) is 0 Å². The standard InChI is InChI=1S/C19H15ClF2N2O2S/c1-10-15(18(25)26-2)17(16-13(21)4-3-5-14(16)22)23-19(27)24(10)12-8-6-11(20)7-9-12/h3-9,17H,1-2H3,(H,23,27). The van der Waals surface area contributed by atoms with Crippen molar-refractivity contribution < 1.29 is 18.3 Å². The van der Waals surface area contributed by atoms with Gasteiger partial charge in [-0.1, -0.05) is 17.7 Å². The molecular formula is C19H15ClF2N2O2S. The number of halogens is 3. The molecule has 0 spiro atoms. The Balaban J connectivity index is 2.19. The first-order valence-corrected chi connectivity index (χ1v) is 8.73. The lowest BCUT2D eigenvalue weighted by Crippen LogP contribution is -2.48. The van der Waals surface area contributed by atoms with Gasteiger partial charge in [-0.05, 0) is 55.5 Å². The lowest BCUT2D eigenvalue weighted by atomic mass is 9.94. The number of anilines is 1. The molecule has 0 amide bonds. The van der Waals surface area contributed by atoms with Gasteiger partial charge in [0.15, 0.2) is 5.11 Å². The Kier molecular flexibility index (Phi) is 5.43. The van der Waals surface area contributed by atoms with Gasteiger partial charge in [0.25, 0.3) is 0 Å². The monoisotopic (exact) mass is 408 g/mol. The van der Waals surface area contributed by atoms with Crippen molar-refractivity contribution in [1.82, 2.24) is 5.32 Å². The van der Waals surface area contributed by atoms with Gasteiger partial charge in [-0.15, -0.1) is 0 Å². The van der Waals surface area contributed by atoms with Crippen LogP contribution in [0.1, 0.15) is 18.5 Å². The number of allylic oxidation sites excluding steroid dienone is 1. The number of ether oxygens (including phenoxy) is 1. The number of nitrogens with one attached hydrogen (secondary N) is 1. The van der Waals surface area contributed by atoms with Gasteiger partial charge in [-0.2, -0.15) is 0 Å². The predicted molar refractivity (Wildman–Crippen MR) is 103 cm³/mol. The van der Waals surface area contributed by atoms with E-state index in [9.17, 15) is 13.6 Å². The quantitative estimate of drug-likeness (QED) is 0.598. The SMILES string of the molecule is COC(=O)C1=C(C)N(c2ccc(Cl)cc2)C(=S)NC1c1c(F)cccc1F. The lowest BCUT2D eigenvalue weighted by Gasteiger charge is -2.37. The first-order valence-electron chi connectivity index (χ1n) is 7.94. The summed E-state index contributed by atoms with van der Waals surface area (Å²) in [5.41, 5.74) is 0.809. The normalized spacial score (nSPS) is 17.0. The lowest BCUT2D eigenvalue weighted by molar-refractivity contribution is -0.136. The van der Waals surface area contributed by atoms with Crippen LogP contribution in [-0.2, 0) is 9.53 Å². The fourth-order valence-corrected chi connectivity index (χ4v) is 3.51. The molecule has 1 aliphatic rings. The van der Waals surface area contributed by atoms with E-state index in [-0.39, 0.29) is 16.2 Å². The van der Waals surface area contributed by atoms with E-state index in [1.807, 2.05) is 0 Å². The van der Waals surface area contributed by atoms with Gasteiger partial charge in [0.05, 0.1) is 24.3 Å². The summed E-state index contributed by atoms with van der Waals surface area (Å²) >= 11 is 11.3. The highest BCUT2D eigenvalue weighted by molar-refractivity contribution is 7.80. The van der Waals surface area contributed by atoms with Gasteiger partial charge >= 0.3 is 5.97 Å². The fraction of sp³-hybridized carbons (Fsp3) is 0.158. The van der Waals surface area contributed by atoms with Crippen molar-refractivity contribution in [2.45, 2.75) is 13.0 Å². The van der Waals surface area contributed by atoms with Crippen molar-refractivity contribution >= 4 is 40.6 Å². The molecule has 1 heterocycles. The van der Waals surface area contributed by atoms with Crippen molar-refractivity contribution in [2.75, 3.05) is 12.0 Å². The summed E-state index contributed by atoms with van der Waals surface area (Å²) in [5.74, 6) is -2.29. The molecule has 0 fully saturated rings. The van der Waals surface area contributed by atoms with Crippen molar-refractivity contribution in [1.29, 1.82) is 0 Å². The highest BCUT2D eigenvalue weighted by Crippen LogP contribution is 2.36. The zero-order valence-electron chi connectivity index (χ0n) is 14.4. The van der Waals surface area contributed by atoms with E-state index in [4.69, 9.17) is 28.6 Å². The summed E-state index contributed by atoms with van der Waals surface area (Å²) in [6.07, 6.45) is 0. The highest BCUT2D eigenvalue weighted by atomic mass is 35.5. The van der Waals surface area contributed by atoms with E-state index in [0.717, 1.165) is 12.1 Å². The van der Waals surface area contributed by atoms with Crippen molar-refractivity contribution in [2.24, 2.45) is 0 Å². The number of nitrogens with zero attached hydrogens (tertiary/aromatic N) is 1. The number of carbonyl (C=O) groups is 1. The molecule has 0 radical (unpaired) electrons. The summed E-state index contributed by atoms with van der Waals surface area (Å²) in [7, 11) is 1.21. The highest BCUT2D eigenvalue weighted by Gasteiger charge is 2.37. The maximum Gasteiger partial charge on any atom is 0.337 e. The molecule has 4 nitrogen and oxygen atoms in total. The van der Waals surface area contributed by atoms with Gasteiger partial charge in [0.2, 0.25) is 0 Å². The first-order chi connectivity index (χ1) is 12.8. The van der Waals surface area contributed by atoms with Gasteiger partial charge in [-0.25, -0.2) is 13.6 Å². The molecule has 2 aromatic rings. The van der Waals surface area contributed by atoms with Gasteiger partial charge in [-0.3, -0.25) is 4.90 Å². The molecule has 1 aliphatic heterocycles. The van der Waals surface area contributed by atoms with Crippen LogP contribution in [0, 0.1) is 11.6 Å². The van der Waals surface area contributed by atoms with Crippen LogP contribution < -0.4 is 10.2 Å².